The summed E-state index contributed by atoms with van der Waals surface area (Å²) in [5.74, 6) is 6.55. The monoisotopic (exact) mass is 320 g/mol. The lowest BCUT2D eigenvalue weighted by atomic mass is 9.72. The molecule has 0 spiro atoms. The molecule has 2 heterocycles. The van der Waals surface area contributed by atoms with Gasteiger partial charge in [0.25, 0.3) is 0 Å². The molecule has 24 heavy (non-hydrogen) atoms. The molecule has 0 atom stereocenters. The molecular formula is C19H20N4O. The molecule has 0 aliphatic heterocycles. The molecule has 1 saturated carbocycles. The van der Waals surface area contributed by atoms with Gasteiger partial charge in [-0.1, -0.05) is 31.1 Å². The van der Waals surface area contributed by atoms with E-state index in [0.29, 0.717) is 6.42 Å². The van der Waals surface area contributed by atoms with Crippen LogP contribution in [-0.4, -0.2) is 21.1 Å². The summed E-state index contributed by atoms with van der Waals surface area (Å²) in [7, 11) is 0. The van der Waals surface area contributed by atoms with Crippen molar-refractivity contribution < 1.29 is 4.79 Å². The highest BCUT2D eigenvalue weighted by atomic mass is 16.1. The molecule has 0 radical (unpaired) electrons. The molecule has 0 saturated heterocycles. The number of nitrogens with zero attached hydrogens (tertiary/aromatic N) is 3. The second-order valence-corrected chi connectivity index (χ2v) is 6.19. The molecule has 3 rings (SSSR count). The van der Waals surface area contributed by atoms with Crippen molar-refractivity contribution >= 4 is 11.6 Å². The molecule has 0 bridgehead atoms. The van der Waals surface area contributed by atoms with Crippen LogP contribution in [0.1, 0.15) is 44.1 Å². The summed E-state index contributed by atoms with van der Waals surface area (Å²) in [5.41, 5.74) is 1.30. The summed E-state index contributed by atoms with van der Waals surface area (Å²) in [4.78, 5) is 16.5. The van der Waals surface area contributed by atoms with Crippen molar-refractivity contribution in [2.24, 2.45) is 5.41 Å². The fourth-order valence-corrected chi connectivity index (χ4v) is 3.09. The number of aromatic nitrogens is 3. The van der Waals surface area contributed by atoms with Gasteiger partial charge in [-0.15, -0.1) is 0 Å². The van der Waals surface area contributed by atoms with Gasteiger partial charge in [0, 0.05) is 23.6 Å². The van der Waals surface area contributed by atoms with Crippen LogP contribution >= 0.6 is 0 Å². The molecule has 1 N–H and O–H groups in total. The highest BCUT2D eigenvalue weighted by molar-refractivity contribution is 5.91. The Bertz CT molecular complexity index is 728. The molecule has 2 aromatic heterocycles. The van der Waals surface area contributed by atoms with Crippen molar-refractivity contribution in [1.29, 1.82) is 0 Å². The molecule has 1 amide bonds. The fraction of sp³-hybridized carbons (Fsp3) is 0.368. The molecule has 0 aromatic carbocycles. The molecule has 122 valence electrons. The Morgan fingerprint density at radius 1 is 1.12 bits per heavy atom. The normalized spacial score (nSPS) is 15.8. The zero-order valence-electron chi connectivity index (χ0n) is 13.5. The number of hydrogen-bond acceptors (Lipinski definition) is 4. The van der Waals surface area contributed by atoms with E-state index in [4.69, 9.17) is 0 Å². The van der Waals surface area contributed by atoms with Gasteiger partial charge in [0.05, 0.1) is 24.3 Å². The fourth-order valence-electron chi connectivity index (χ4n) is 3.09. The van der Waals surface area contributed by atoms with Gasteiger partial charge in [0.2, 0.25) is 5.91 Å². The van der Waals surface area contributed by atoms with Gasteiger partial charge < -0.3 is 5.32 Å². The maximum atomic E-state index is 12.5. The van der Waals surface area contributed by atoms with Gasteiger partial charge >= 0.3 is 0 Å². The molecule has 2 aromatic rings. The topological polar surface area (TPSA) is 67.8 Å². The number of pyridine rings is 1. The first-order valence-electron chi connectivity index (χ1n) is 8.26. The standard InChI is InChI=1S/C19H20N4O/c24-18(23-17-5-4-11-20-15-17)13-19(8-2-1-3-9-19)10-6-16-7-12-21-22-14-16/h4-5,7,11-12,14-15H,1-3,8-9,13H2,(H,23,24). The van der Waals surface area contributed by atoms with Crippen LogP contribution in [0.5, 0.6) is 0 Å². The van der Waals surface area contributed by atoms with Crippen LogP contribution in [0.3, 0.4) is 0 Å². The third kappa shape index (κ3) is 4.39. The molecule has 1 fully saturated rings. The lowest BCUT2D eigenvalue weighted by Gasteiger charge is -2.32. The molecular weight excluding hydrogens is 300 g/mol. The van der Waals surface area contributed by atoms with E-state index in [2.05, 4.69) is 32.3 Å². The Kier molecular flexibility index (Phi) is 5.17. The molecule has 1 aliphatic rings. The van der Waals surface area contributed by atoms with Crippen LogP contribution < -0.4 is 5.32 Å². The van der Waals surface area contributed by atoms with E-state index in [0.717, 1.165) is 36.9 Å². The Morgan fingerprint density at radius 2 is 2.00 bits per heavy atom. The molecule has 5 heteroatoms. The van der Waals surface area contributed by atoms with Crippen molar-refractivity contribution in [2.75, 3.05) is 5.32 Å². The van der Waals surface area contributed by atoms with E-state index in [1.807, 2.05) is 18.2 Å². The second kappa shape index (κ2) is 7.69. The van der Waals surface area contributed by atoms with E-state index in [-0.39, 0.29) is 11.3 Å². The van der Waals surface area contributed by atoms with Crippen molar-refractivity contribution in [3.05, 3.63) is 48.5 Å². The van der Waals surface area contributed by atoms with Gasteiger partial charge in [0.15, 0.2) is 0 Å². The zero-order valence-corrected chi connectivity index (χ0v) is 13.5. The Morgan fingerprint density at radius 3 is 2.71 bits per heavy atom. The van der Waals surface area contributed by atoms with Crippen LogP contribution in [0.25, 0.3) is 0 Å². The smallest absolute Gasteiger partial charge is 0.225 e. The summed E-state index contributed by atoms with van der Waals surface area (Å²) in [6, 6.07) is 5.49. The third-order valence-corrected chi connectivity index (χ3v) is 4.31. The first kappa shape index (κ1) is 16.1. The lowest BCUT2D eigenvalue weighted by molar-refractivity contribution is -0.118. The van der Waals surface area contributed by atoms with Gasteiger partial charge in [-0.05, 0) is 31.0 Å². The van der Waals surface area contributed by atoms with Crippen molar-refractivity contribution in [3.8, 4) is 11.8 Å². The van der Waals surface area contributed by atoms with Gasteiger partial charge in [-0.3, -0.25) is 9.78 Å². The predicted octanol–water partition coefficient (Wildman–Crippen LogP) is 3.20. The summed E-state index contributed by atoms with van der Waals surface area (Å²) >= 11 is 0. The van der Waals surface area contributed by atoms with Crippen molar-refractivity contribution in [2.45, 2.75) is 38.5 Å². The van der Waals surface area contributed by atoms with Gasteiger partial charge in [0.1, 0.15) is 0 Å². The Hall–Kier alpha value is -2.74. The Labute approximate surface area is 141 Å². The number of carbonyl (C=O) groups is 1. The summed E-state index contributed by atoms with van der Waals surface area (Å²) in [6.45, 7) is 0. The van der Waals surface area contributed by atoms with Crippen LogP contribution in [0.2, 0.25) is 0 Å². The number of nitrogens with one attached hydrogen (secondary N) is 1. The van der Waals surface area contributed by atoms with Gasteiger partial charge in [-0.25, -0.2) is 0 Å². The number of amides is 1. The maximum Gasteiger partial charge on any atom is 0.225 e. The van der Waals surface area contributed by atoms with Crippen molar-refractivity contribution in [3.63, 3.8) is 0 Å². The second-order valence-electron chi connectivity index (χ2n) is 6.19. The Balaban J connectivity index is 1.74. The average molecular weight is 320 g/mol. The number of anilines is 1. The first-order chi connectivity index (χ1) is 11.8. The van der Waals surface area contributed by atoms with Gasteiger partial charge in [-0.2, -0.15) is 10.2 Å². The quantitative estimate of drug-likeness (QED) is 0.882. The largest absolute Gasteiger partial charge is 0.325 e. The highest BCUT2D eigenvalue weighted by Crippen LogP contribution is 2.39. The van der Waals surface area contributed by atoms with E-state index >= 15 is 0 Å². The summed E-state index contributed by atoms with van der Waals surface area (Å²) < 4.78 is 0. The zero-order chi connectivity index (χ0) is 16.7. The van der Waals surface area contributed by atoms with Crippen LogP contribution in [0, 0.1) is 17.3 Å². The minimum atomic E-state index is -0.256. The molecule has 1 aliphatic carbocycles. The van der Waals surface area contributed by atoms with Crippen LogP contribution in [0.4, 0.5) is 5.69 Å². The summed E-state index contributed by atoms with van der Waals surface area (Å²) in [5, 5.41) is 10.5. The minimum absolute atomic E-state index is 0.00736. The third-order valence-electron chi connectivity index (χ3n) is 4.31. The van der Waals surface area contributed by atoms with E-state index in [1.54, 1.807) is 24.8 Å². The predicted molar refractivity (Wildman–Crippen MR) is 91.9 cm³/mol. The molecule has 0 unspecified atom stereocenters. The highest BCUT2D eigenvalue weighted by Gasteiger charge is 2.32. The minimum Gasteiger partial charge on any atom is -0.325 e. The maximum absolute atomic E-state index is 12.5. The van der Waals surface area contributed by atoms with E-state index in [1.165, 1.54) is 6.42 Å². The van der Waals surface area contributed by atoms with E-state index < -0.39 is 0 Å². The lowest BCUT2D eigenvalue weighted by Crippen LogP contribution is -2.28. The number of carbonyl (C=O) groups excluding carboxylic acids is 1. The SMILES string of the molecule is O=C(CC1(C#Cc2ccnnc2)CCCCC1)Nc1cccnc1. The van der Waals surface area contributed by atoms with E-state index in [9.17, 15) is 4.79 Å². The average Bonchev–Trinajstić information content (AvgIpc) is 2.62. The summed E-state index contributed by atoms with van der Waals surface area (Å²) in [6.07, 6.45) is 12.4. The van der Waals surface area contributed by atoms with Crippen molar-refractivity contribution in [1.82, 2.24) is 15.2 Å². The van der Waals surface area contributed by atoms with Crippen LogP contribution in [-0.2, 0) is 4.79 Å². The number of rotatable bonds is 3. The van der Waals surface area contributed by atoms with Crippen LogP contribution in [0.15, 0.2) is 43.0 Å². The first-order valence-corrected chi connectivity index (χ1v) is 8.26. The number of hydrogen-bond donors (Lipinski definition) is 1. The molecule has 5 nitrogen and oxygen atoms in total.